The van der Waals surface area contributed by atoms with Gasteiger partial charge >= 0.3 is 5.97 Å². The lowest BCUT2D eigenvalue weighted by Crippen LogP contribution is -2.27. The van der Waals surface area contributed by atoms with Gasteiger partial charge in [-0.2, -0.15) is 0 Å². The van der Waals surface area contributed by atoms with Gasteiger partial charge in [0, 0.05) is 35.6 Å². The molecule has 0 radical (unpaired) electrons. The first kappa shape index (κ1) is 21.8. The number of aromatic nitrogens is 3. The molecule has 9 heteroatoms. The van der Waals surface area contributed by atoms with Crippen LogP contribution >= 0.6 is 15.9 Å². The third-order valence-corrected chi connectivity index (χ3v) is 6.69. The molecule has 1 unspecified atom stereocenters. The number of pyridine rings is 2. The molecule has 7 nitrogen and oxygen atoms in total. The molecular formula is C24H21BrFN3O4. The monoisotopic (exact) mass is 513 g/mol. The third-order valence-electron chi connectivity index (χ3n) is 6.25. The molecule has 1 aromatic carbocycles. The number of fused-ring (bicyclic) bond motifs is 3. The Balaban J connectivity index is 1.92. The van der Waals surface area contributed by atoms with Crippen LogP contribution in [0.4, 0.5) is 4.39 Å². The molecule has 0 bridgehead atoms. The van der Waals surface area contributed by atoms with Crippen LogP contribution < -0.4 is 4.74 Å². The number of aromatic carboxylic acids is 1. The van der Waals surface area contributed by atoms with Gasteiger partial charge < -0.3 is 19.1 Å². The lowest BCUT2D eigenvalue weighted by molar-refractivity contribution is 0.0548. The Bertz CT molecular complexity index is 1370. The maximum absolute atomic E-state index is 15.2. The molecule has 1 saturated heterocycles. The fourth-order valence-corrected chi connectivity index (χ4v) is 5.13. The predicted octanol–water partition coefficient (Wildman–Crippen LogP) is 5.21. The molecule has 170 valence electrons. The summed E-state index contributed by atoms with van der Waals surface area (Å²) in [6, 6.07) is 6.31. The van der Waals surface area contributed by atoms with Crippen LogP contribution in [0.2, 0.25) is 0 Å². The van der Waals surface area contributed by atoms with Gasteiger partial charge in [-0.15, -0.1) is 0 Å². The largest absolute Gasteiger partial charge is 0.496 e. The van der Waals surface area contributed by atoms with Crippen LogP contribution in [-0.2, 0) is 4.74 Å². The van der Waals surface area contributed by atoms with E-state index in [4.69, 9.17) is 9.47 Å². The van der Waals surface area contributed by atoms with Gasteiger partial charge in [0.15, 0.2) is 0 Å². The Kier molecular flexibility index (Phi) is 5.76. The van der Waals surface area contributed by atoms with Crippen molar-refractivity contribution < 1.29 is 23.8 Å². The quantitative estimate of drug-likeness (QED) is 0.394. The third kappa shape index (κ3) is 3.75. The summed E-state index contributed by atoms with van der Waals surface area (Å²) in [4.78, 5) is 20.5. The van der Waals surface area contributed by atoms with Crippen molar-refractivity contribution in [3.63, 3.8) is 0 Å². The molecule has 1 aliphatic heterocycles. The standard InChI is InChI=1S/C24H21BrFN3O4/c1-32-20-9-14(24(30)31)8-18-21(20)22-19(10-15(25)11-28-22)29(18)23(13-3-6-33-7-4-13)16-2-5-27-12-17(16)26/h2,5,8-13,23H,3-4,6-7H2,1H3,(H,30,31). The molecule has 3 aromatic heterocycles. The molecule has 4 heterocycles. The molecule has 5 rings (SSSR count). The number of rotatable bonds is 5. The van der Waals surface area contributed by atoms with Crippen LogP contribution in [0.5, 0.6) is 5.75 Å². The Morgan fingerprint density at radius 2 is 2.06 bits per heavy atom. The van der Waals surface area contributed by atoms with E-state index in [0.717, 1.165) is 22.8 Å². The van der Waals surface area contributed by atoms with E-state index in [1.165, 1.54) is 19.4 Å². The van der Waals surface area contributed by atoms with Gasteiger partial charge in [0.2, 0.25) is 0 Å². The lowest BCUT2D eigenvalue weighted by atomic mass is 9.86. The molecule has 1 fully saturated rings. The Labute approximate surface area is 197 Å². The summed E-state index contributed by atoms with van der Waals surface area (Å²) in [7, 11) is 1.50. The highest BCUT2D eigenvalue weighted by Gasteiger charge is 2.33. The van der Waals surface area contributed by atoms with Gasteiger partial charge in [0.05, 0.1) is 46.8 Å². The highest BCUT2D eigenvalue weighted by molar-refractivity contribution is 9.10. The van der Waals surface area contributed by atoms with E-state index in [2.05, 4.69) is 25.9 Å². The second kappa shape index (κ2) is 8.72. The second-order valence-electron chi connectivity index (χ2n) is 8.06. The summed E-state index contributed by atoms with van der Waals surface area (Å²) >= 11 is 3.51. The van der Waals surface area contributed by atoms with Gasteiger partial charge in [-0.05, 0) is 59.0 Å². The van der Waals surface area contributed by atoms with Gasteiger partial charge in [-0.3, -0.25) is 9.97 Å². The van der Waals surface area contributed by atoms with Crippen LogP contribution in [0.3, 0.4) is 0 Å². The van der Waals surface area contributed by atoms with Crippen molar-refractivity contribution >= 4 is 43.8 Å². The average Bonchev–Trinajstić information content (AvgIpc) is 3.14. The van der Waals surface area contributed by atoms with Gasteiger partial charge in [-0.25, -0.2) is 9.18 Å². The van der Waals surface area contributed by atoms with E-state index in [1.807, 2.05) is 10.6 Å². The first-order chi connectivity index (χ1) is 16.0. The Morgan fingerprint density at radius 1 is 1.27 bits per heavy atom. The average molecular weight is 514 g/mol. The number of hydrogen-bond donors (Lipinski definition) is 1. The molecule has 0 amide bonds. The van der Waals surface area contributed by atoms with E-state index in [0.29, 0.717) is 40.9 Å². The topological polar surface area (TPSA) is 86.5 Å². The van der Waals surface area contributed by atoms with Crippen LogP contribution in [0, 0.1) is 11.7 Å². The van der Waals surface area contributed by atoms with Crippen molar-refractivity contribution in [3.05, 3.63) is 64.3 Å². The summed E-state index contributed by atoms with van der Waals surface area (Å²) < 4.78 is 29.1. The van der Waals surface area contributed by atoms with Gasteiger partial charge in [0.1, 0.15) is 11.6 Å². The predicted molar refractivity (Wildman–Crippen MR) is 124 cm³/mol. The number of benzene rings is 1. The zero-order chi connectivity index (χ0) is 23.1. The van der Waals surface area contributed by atoms with Crippen molar-refractivity contribution in [2.24, 2.45) is 5.92 Å². The van der Waals surface area contributed by atoms with E-state index in [-0.39, 0.29) is 11.5 Å². The summed E-state index contributed by atoms with van der Waals surface area (Å²) in [5.74, 6) is -1.01. The summed E-state index contributed by atoms with van der Waals surface area (Å²) in [6.45, 7) is 1.16. The zero-order valence-electron chi connectivity index (χ0n) is 17.8. The summed E-state index contributed by atoms with van der Waals surface area (Å²) in [6.07, 6.45) is 5.96. The normalized spacial score (nSPS) is 15.7. The number of carbonyl (C=O) groups is 1. The highest BCUT2D eigenvalue weighted by Crippen LogP contribution is 2.44. The van der Waals surface area contributed by atoms with Gasteiger partial charge in [-0.1, -0.05) is 0 Å². The molecule has 1 atom stereocenters. The number of halogens is 2. The van der Waals surface area contributed by atoms with Crippen molar-refractivity contribution in [1.82, 2.24) is 14.5 Å². The fraction of sp³-hybridized carbons (Fsp3) is 0.292. The number of hydrogen-bond acceptors (Lipinski definition) is 5. The smallest absolute Gasteiger partial charge is 0.335 e. The highest BCUT2D eigenvalue weighted by atomic mass is 79.9. The van der Waals surface area contributed by atoms with Gasteiger partial charge in [0.25, 0.3) is 0 Å². The van der Waals surface area contributed by atoms with Crippen molar-refractivity contribution in [3.8, 4) is 5.75 Å². The summed E-state index contributed by atoms with van der Waals surface area (Å²) in [5.41, 5.74) is 2.63. The molecular weight excluding hydrogens is 493 g/mol. The molecule has 0 spiro atoms. The minimum Gasteiger partial charge on any atom is -0.496 e. The molecule has 1 N–H and O–H groups in total. The minimum absolute atomic E-state index is 0.0629. The maximum atomic E-state index is 15.2. The Morgan fingerprint density at radius 3 is 2.76 bits per heavy atom. The van der Waals surface area contributed by atoms with E-state index < -0.39 is 17.8 Å². The van der Waals surface area contributed by atoms with E-state index in [9.17, 15) is 9.90 Å². The van der Waals surface area contributed by atoms with Crippen LogP contribution in [0.15, 0.2) is 47.3 Å². The minimum atomic E-state index is -1.07. The molecule has 4 aromatic rings. The van der Waals surface area contributed by atoms with Crippen molar-refractivity contribution in [2.45, 2.75) is 18.9 Å². The molecule has 0 saturated carbocycles. The maximum Gasteiger partial charge on any atom is 0.335 e. The number of carboxylic acids is 1. The number of carboxylic acid groups (broad SMARTS) is 1. The van der Waals surface area contributed by atoms with Crippen molar-refractivity contribution in [1.29, 1.82) is 0 Å². The zero-order valence-corrected chi connectivity index (χ0v) is 19.4. The summed E-state index contributed by atoms with van der Waals surface area (Å²) in [5, 5.41) is 10.4. The van der Waals surface area contributed by atoms with Crippen LogP contribution in [-0.4, -0.2) is 45.9 Å². The fourth-order valence-electron chi connectivity index (χ4n) is 4.81. The van der Waals surface area contributed by atoms with Crippen LogP contribution in [0.25, 0.3) is 21.9 Å². The first-order valence-corrected chi connectivity index (χ1v) is 11.4. The van der Waals surface area contributed by atoms with Crippen LogP contribution in [0.1, 0.15) is 34.8 Å². The SMILES string of the molecule is COc1cc(C(=O)O)cc2c1c1ncc(Br)cc1n2C(c1ccncc1F)C1CCOCC1. The van der Waals surface area contributed by atoms with E-state index in [1.54, 1.807) is 24.5 Å². The first-order valence-electron chi connectivity index (χ1n) is 10.6. The molecule has 0 aliphatic carbocycles. The molecule has 33 heavy (non-hydrogen) atoms. The number of ether oxygens (including phenoxy) is 2. The van der Waals surface area contributed by atoms with E-state index >= 15 is 4.39 Å². The van der Waals surface area contributed by atoms with Crippen molar-refractivity contribution in [2.75, 3.05) is 20.3 Å². The number of methoxy groups -OCH3 is 1. The Hall–Kier alpha value is -3.04. The molecule has 1 aliphatic rings. The number of nitrogens with zero attached hydrogens (tertiary/aromatic N) is 3. The second-order valence-corrected chi connectivity index (χ2v) is 8.98. The lowest BCUT2D eigenvalue weighted by Gasteiger charge is -2.33.